The Hall–Kier alpha value is -3.78. The maximum absolute atomic E-state index is 5.95. The summed E-state index contributed by atoms with van der Waals surface area (Å²) in [6.45, 7) is 1.19. The van der Waals surface area contributed by atoms with Crippen molar-refractivity contribution >= 4 is 45.7 Å². The van der Waals surface area contributed by atoms with Crippen LogP contribution in [0.25, 0.3) is 21.8 Å². The lowest BCUT2D eigenvalue weighted by Gasteiger charge is -2.14. The summed E-state index contributed by atoms with van der Waals surface area (Å²) in [6, 6.07) is 11.9. The fourth-order valence-corrected chi connectivity index (χ4v) is 3.38. The quantitative estimate of drug-likeness (QED) is 0.388. The van der Waals surface area contributed by atoms with E-state index in [-0.39, 0.29) is 12.4 Å². The predicted octanol–water partition coefficient (Wildman–Crippen LogP) is 4.56. The first-order chi connectivity index (χ1) is 14.8. The Morgan fingerprint density at radius 2 is 2.03 bits per heavy atom. The molecule has 5 rings (SSSR count). The molecule has 3 aromatic heterocycles. The Morgan fingerprint density at radius 3 is 2.87 bits per heavy atom. The molecule has 3 heterocycles. The van der Waals surface area contributed by atoms with E-state index in [1.807, 2.05) is 47.3 Å². The van der Waals surface area contributed by atoms with Crippen LogP contribution in [0.3, 0.4) is 0 Å². The van der Waals surface area contributed by atoms with Crippen LogP contribution in [0.4, 0.5) is 11.5 Å². The van der Waals surface area contributed by atoms with E-state index in [0.29, 0.717) is 30.5 Å². The van der Waals surface area contributed by atoms with Gasteiger partial charge in [0.15, 0.2) is 11.5 Å². The number of benzene rings is 2. The second kappa shape index (κ2) is 8.93. The van der Waals surface area contributed by atoms with E-state index in [0.717, 1.165) is 27.5 Å². The molecule has 8 nitrogen and oxygen atoms in total. The highest BCUT2D eigenvalue weighted by Gasteiger charge is 2.12. The van der Waals surface area contributed by atoms with E-state index >= 15 is 0 Å². The zero-order chi connectivity index (χ0) is 20.3. The molecule has 0 saturated carbocycles. The number of halogens is 1. The van der Waals surface area contributed by atoms with Crippen molar-refractivity contribution in [3.8, 4) is 11.5 Å². The zero-order valence-electron chi connectivity index (χ0n) is 16.8. The molecule has 0 aliphatic rings. The van der Waals surface area contributed by atoms with Crippen LogP contribution in [0, 0.1) is 0 Å². The van der Waals surface area contributed by atoms with Gasteiger partial charge in [-0.2, -0.15) is 0 Å². The number of nitrogens with zero attached hydrogens (tertiary/aromatic N) is 4. The second-order valence-electron chi connectivity index (χ2n) is 6.80. The van der Waals surface area contributed by atoms with Gasteiger partial charge in [-0.25, -0.2) is 15.0 Å². The van der Waals surface area contributed by atoms with E-state index in [1.165, 1.54) is 0 Å². The van der Waals surface area contributed by atoms with E-state index in [9.17, 15) is 0 Å². The predicted molar refractivity (Wildman–Crippen MR) is 123 cm³/mol. The summed E-state index contributed by atoms with van der Waals surface area (Å²) in [5, 5.41) is 5.37. The number of aromatic amines is 1. The van der Waals surface area contributed by atoms with Crippen LogP contribution in [0.15, 0.2) is 67.6 Å². The van der Waals surface area contributed by atoms with Crippen molar-refractivity contribution in [3.63, 3.8) is 0 Å². The Balaban J connectivity index is 0.00000231. The molecule has 0 saturated heterocycles. The lowest BCUT2D eigenvalue weighted by Crippen LogP contribution is -2.07. The Morgan fingerprint density at radius 1 is 1.10 bits per heavy atom. The van der Waals surface area contributed by atoms with Crippen LogP contribution < -0.4 is 14.8 Å². The average molecular weight is 437 g/mol. The molecule has 0 spiro atoms. The van der Waals surface area contributed by atoms with Gasteiger partial charge in [-0.3, -0.25) is 0 Å². The maximum atomic E-state index is 5.95. The average Bonchev–Trinajstić information content (AvgIpc) is 3.45. The Kier molecular flexibility index (Phi) is 5.90. The number of methoxy groups -OCH3 is 1. The summed E-state index contributed by atoms with van der Waals surface area (Å²) in [6.07, 6.45) is 8.87. The van der Waals surface area contributed by atoms with Crippen molar-refractivity contribution in [1.29, 1.82) is 0 Å². The third kappa shape index (κ3) is 4.24. The zero-order valence-corrected chi connectivity index (χ0v) is 17.6. The lowest BCUT2D eigenvalue weighted by molar-refractivity contribution is 0.280. The molecule has 0 unspecified atom stereocenters. The highest BCUT2D eigenvalue weighted by atomic mass is 35.5. The van der Waals surface area contributed by atoms with E-state index in [4.69, 9.17) is 9.47 Å². The van der Waals surface area contributed by atoms with Crippen LogP contribution >= 0.6 is 12.4 Å². The molecule has 31 heavy (non-hydrogen) atoms. The van der Waals surface area contributed by atoms with Crippen molar-refractivity contribution in [2.24, 2.45) is 0 Å². The summed E-state index contributed by atoms with van der Waals surface area (Å²) in [5.74, 6) is 1.98. The molecule has 2 N–H and O–H groups in total. The van der Waals surface area contributed by atoms with E-state index in [2.05, 4.69) is 31.3 Å². The van der Waals surface area contributed by atoms with Gasteiger partial charge in [0.1, 0.15) is 18.8 Å². The maximum Gasteiger partial charge on any atom is 0.163 e. The summed E-state index contributed by atoms with van der Waals surface area (Å²) in [7, 11) is 1.63. The molecule has 0 fully saturated rings. The summed E-state index contributed by atoms with van der Waals surface area (Å²) in [4.78, 5) is 16.1. The summed E-state index contributed by atoms with van der Waals surface area (Å²) < 4.78 is 13.5. The van der Waals surface area contributed by atoms with Gasteiger partial charge in [0.2, 0.25) is 0 Å². The molecule has 0 bridgehead atoms. The normalized spacial score (nSPS) is 10.7. The number of H-pyrrole nitrogens is 1. The first kappa shape index (κ1) is 20.5. The monoisotopic (exact) mass is 436 g/mol. The number of fused-ring (bicyclic) bond motifs is 2. The Bertz CT molecular complexity index is 1300. The van der Waals surface area contributed by atoms with Crippen LogP contribution in [0.1, 0.15) is 0 Å². The molecule has 0 amide bonds. The van der Waals surface area contributed by atoms with Crippen LogP contribution in [-0.2, 0) is 6.54 Å². The number of hydrogen-bond donors (Lipinski definition) is 2. The minimum absolute atomic E-state index is 0. The van der Waals surface area contributed by atoms with Gasteiger partial charge in [-0.1, -0.05) is 0 Å². The van der Waals surface area contributed by atoms with Gasteiger partial charge in [0.25, 0.3) is 0 Å². The number of rotatable bonds is 7. The fraction of sp³-hybridized carbons (Fsp3) is 0.136. The summed E-state index contributed by atoms with van der Waals surface area (Å²) in [5.41, 5.74) is 2.81. The molecular weight excluding hydrogens is 416 g/mol. The smallest absolute Gasteiger partial charge is 0.163 e. The number of aromatic nitrogens is 5. The number of anilines is 2. The third-order valence-electron chi connectivity index (χ3n) is 4.90. The summed E-state index contributed by atoms with van der Waals surface area (Å²) >= 11 is 0. The first-order valence-corrected chi connectivity index (χ1v) is 9.55. The molecule has 5 aromatic rings. The van der Waals surface area contributed by atoms with Gasteiger partial charge in [0, 0.05) is 46.6 Å². The van der Waals surface area contributed by atoms with Gasteiger partial charge >= 0.3 is 0 Å². The minimum atomic E-state index is 0. The standard InChI is InChI=1S/C22H20N6O2.ClH/c1-29-20-11-17-19(12-21(20)30-9-8-28-7-6-23-14-28)25-13-26-22(17)27-16-2-3-18-15(10-16)4-5-24-18;/h2-7,10-14,24H,8-9H2,1H3,(H,25,26,27);1H. The van der Waals surface area contributed by atoms with Gasteiger partial charge in [-0.15, -0.1) is 12.4 Å². The molecule has 0 radical (unpaired) electrons. The number of ether oxygens (including phenoxy) is 2. The molecule has 0 aliphatic carbocycles. The fourth-order valence-electron chi connectivity index (χ4n) is 3.38. The van der Waals surface area contributed by atoms with Crippen LogP contribution in [-0.4, -0.2) is 38.2 Å². The number of nitrogens with one attached hydrogen (secondary N) is 2. The van der Waals surface area contributed by atoms with Crippen molar-refractivity contribution in [2.75, 3.05) is 19.0 Å². The van der Waals surface area contributed by atoms with Crippen molar-refractivity contribution in [3.05, 3.63) is 67.6 Å². The molecule has 0 atom stereocenters. The Labute approximate surface area is 184 Å². The number of imidazole rings is 1. The highest BCUT2D eigenvalue weighted by Crippen LogP contribution is 2.35. The second-order valence-corrected chi connectivity index (χ2v) is 6.80. The molecule has 2 aromatic carbocycles. The molecule has 0 aliphatic heterocycles. The highest BCUT2D eigenvalue weighted by molar-refractivity contribution is 5.94. The molecule has 158 valence electrons. The molecule has 9 heteroatoms. The first-order valence-electron chi connectivity index (χ1n) is 9.55. The number of hydrogen-bond acceptors (Lipinski definition) is 6. The van der Waals surface area contributed by atoms with Crippen molar-refractivity contribution in [2.45, 2.75) is 6.54 Å². The third-order valence-corrected chi connectivity index (χ3v) is 4.90. The van der Waals surface area contributed by atoms with Crippen molar-refractivity contribution in [1.82, 2.24) is 24.5 Å². The van der Waals surface area contributed by atoms with Crippen LogP contribution in [0.2, 0.25) is 0 Å². The lowest BCUT2D eigenvalue weighted by atomic mass is 10.2. The van der Waals surface area contributed by atoms with Gasteiger partial charge in [-0.05, 0) is 30.3 Å². The minimum Gasteiger partial charge on any atom is -0.493 e. The largest absolute Gasteiger partial charge is 0.493 e. The molecular formula is C22H21ClN6O2. The topological polar surface area (TPSA) is 89.9 Å². The van der Waals surface area contributed by atoms with Crippen LogP contribution in [0.5, 0.6) is 11.5 Å². The van der Waals surface area contributed by atoms with Gasteiger partial charge in [0.05, 0.1) is 25.5 Å². The van der Waals surface area contributed by atoms with Gasteiger partial charge < -0.3 is 24.3 Å². The SMILES string of the molecule is COc1cc2c(Nc3ccc4[nH]ccc4c3)ncnc2cc1OCCn1ccnc1.Cl. The van der Waals surface area contributed by atoms with Crippen molar-refractivity contribution < 1.29 is 9.47 Å². The van der Waals surface area contributed by atoms with E-state index in [1.54, 1.807) is 26.0 Å². The van der Waals surface area contributed by atoms with E-state index < -0.39 is 0 Å².